The number of allylic oxidation sites excluding steroid dienone is 2. The van der Waals surface area contributed by atoms with Crippen molar-refractivity contribution < 1.29 is 35.8 Å². The van der Waals surface area contributed by atoms with Crippen LogP contribution in [0.2, 0.25) is 0 Å². The SMILES string of the molecule is C=C(/C=C(/F)C(=C)OC(F)(F)F)OC(F)(F)C1CCC(C2CCC(C)CC2)CC1. The minimum Gasteiger partial charge on any atom is -0.433 e. The van der Waals surface area contributed by atoms with Crippen molar-refractivity contribution in [1.82, 2.24) is 0 Å². The molecule has 2 aliphatic rings. The minimum atomic E-state index is -5.14. The van der Waals surface area contributed by atoms with Crippen LogP contribution in [0.3, 0.4) is 0 Å². The molecular formula is C21H28F6O2. The first kappa shape index (κ1) is 23.7. The Kier molecular flexibility index (Phi) is 7.74. The molecule has 2 aliphatic carbocycles. The van der Waals surface area contributed by atoms with Crippen LogP contribution < -0.4 is 0 Å². The predicted octanol–water partition coefficient (Wildman–Crippen LogP) is 7.65. The highest BCUT2D eigenvalue weighted by Crippen LogP contribution is 2.45. The fourth-order valence-corrected chi connectivity index (χ4v) is 4.38. The number of hydrogen-bond acceptors (Lipinski definition) is 2. The van der Waals surface area contributed by atoms with Gasteiger partial charge >= 0.3 is 12.5 Å². The van der Waals surface area contributed by atoms with Crippen molar-refractivity contribution in [3.05, 3.63) is 36.6 Å². The summed E-state index contributed by atoms with van der Waals surface area (Å²) in [6.45, 7) is 8.16. The second kappa shape index (κ2) is 9.47. The maximum absolute atomic E-state index is 14.4. The highest BCUT2D eigenvalue weighted by Gasteiger charge is 2.45. The maximum Gasteiger partial charge on any atom is 0.573 e. The maximum atomic E-state index is 14.4. The molecule has 0 unspecified atom stereocenters. The lowest BCUT2D eigenvalue weighted by Gasteiger charge is -2.38. The molecule has 0 atom stereocenters. The van der Waals surface area contributed by atoms with Gasteiger partial charge in [-0.1, -0.05) is 32.9 Å². The van der Waals surface area contributed by atoms with Gasteiger partial charge in [-0.15, -0.1) is 13.2 Å². The molecule has 0 aromatic heterocycles. The molecule has 2 fully saturated rings. The Morgan fingerprint density at radius 1 is 0.828 bits per heavy atom. The van der Waals surface area contributed by atoms with E-state index in [1.54, 1.807) is 0 Å². The first-order chi connectivity index (χ1) is 13.4. The predicted molar refractivity (Wildman–Crippen MR) is 97.2 cm³/mol. The van der Waals surface area contributed by atoms with E-state index in [4.69, 9.17) is 0 Å². The van der Waals surface area contributed by atoms with Gasteiger partial charge in [0.2, 0.25) is 0 Å². The van der Waals surface area contributed by atoms with Crippen LogP contribution in [0.25, 0.3) is 0 Å². The van der Waals surface area contributed by atoms with Gasteiger partial charge in [-0.05, 0) is 56.3 Å². The first-order valence-electron chi connectivity index (χ1n) is 9.95. The lowest BCUT2D eigenvalue weighted by molar-refractivity contribution is -0.304. The number of ether oxygens (including phenoxy) is 2. The highest BCUT2D eigenvalue weighted by atomic mass is 19.4. The Bertz CT molecular complexity index is 609. The summed E-state index contributed by atoms with van der Waals surface area (Å²) in [4.78, 5) is 0. The fourth-order valence-electron chi connectivity index (χ4n) is 4.38. The summed E-state index contributed by atoms with van der Waals surface area (Å²) in [7, 11) is 0. The number of alkyl halides is 5. The molecule has 0 radical (unpaired) electrons. The zero-order chi connectivity index (χ0) is 21.8. The molecule has 2 saturated carbocycles. The third kappa shape index (κ3) is 7.30. The summed E-state index contributed by atoms with van der Waals surface area (Å²) in [5.41, 5.74) is 0. The molecule has 0 N–H and O–H groups in total. The molecule has 166 valence electrons. The summed E-state index contributed by atoms with van der Waals surface area (Å²) in [6.07, 6.45) is -1.78. The van der Waals surface area contributed by atoms with E-state index in [2.05, 4.69) is 29.6 Å². The summed E-state index contributed by atoms with van der Waals surface area (Å²) < 4.78 is 86.5. The smallest absolute Gasteiger partial charge is 0.433 e. The molecular weight excluding hydrogens is 398 g/mol. The Morgan fingerprint density at radius 3 is 1.79 bits per heavy atom. The van der Waals surface area contributed by atoms with Gasteiger partial charge in [-0.2, -0.15) is 8.78 Å². The van der Waals surface area contributed by atoms with Crippen molar-refractivity contribution in [2.45, 2.75) is 70.8 Å². The summed E-state index contributed by atoms with van der Waals surface area (Å²) >= 11 is 0. The molecule has 0 heterocycles. The van der Waals surface area contributed by atoms with Gasteiger partial charge in [0, 0.05) is 6.08 Å². The quantitative estimate of drug-likeness (QED) is 0.237. The Labute approximate surface area is 167 Å². The molecule has 29 heavy (non-hydrogen) atoms. The average Bonchev–Trinajstić information content (AvgIpc) is 2.60. The molecule has 0 amide bonds. The number of hydrogen-bond donors (Lipinski definition) is 0. The normalized spacial score (nSPS) is 29.3. The molecule has 0 aromatic carbocycles. The Hall–Kier alpha value is -1.60. The Morgan fingerprint density at radius 2 is 1.31 bits per heavy atom. The third-order valence-corrected chi connectivity index (χ3v) is 6.03. The average molecular weight is 426 g/mol. The van der Waals surface area contributed by atoms with Crippen LogP contribution in [0.15, 0.2) is 36.6 Å². The molecule has 2 nitrogen and oxygen atoms in total. The molecule has 0 bridgehead atoms. The lowest BCUT2D eigenvalue weighted by Crippen LogP contribution is -2.35. The summed E-state index contributed by atoms with van der Waals surface area (Å²) in [5, 5.41) is 0. The van der Waals surface area contributed by atoms with Crippen LogP contribution >= 0.6 is 0 Å². The minimum absolute atomic E-state index is 0.285. The van der Waals surface area contributed by atoms with Gasteiger partial charge < -0.3 is 9.47 Å². The molecule has 0 saturated heterocycles. The summed E-state index contributed by atoms with van der Waals surface area (Å²) in [5.74, 6) is -3.00. The molecule has 0 aliphatic heterocycles. The van der Waals surface area contributed by atoms with Gasteiger partial charge in [0.25, 0.3) is 0 Å². The summed E-state index contributed by atoms with van der Waals surface area (Å²) in [6, 6.07) is 0. The van der Waals surface area contributed by atoms with Crippen molar-refractivity contribution >= 4 is 0 Å². The standard InChI is InChI=1S/C21H28F6O2/c1-13-4-6-16(7-5-13)17-8-10-18(11-9-17)20(23,24)28-14(2)12-19(22)15(3)29-21(25,26)27/h12-13,16-18H,2-11H2,1H3/b19-12+. The van der Waals surface area contributed by atoms with Gasteiger partial charge in [0.1, 0.15) is 5.76 Å². The van der Waals surface area contributed by atoms with Crippen LogP contribution in [0.1, 0.15) is 58.3 Å². The van der Waals surface area contributed by atoms with Gasteiger partial charge in [0.05, 0.1) is 5.92 Å². The molecule has 0 aromatic rings. The van der Waals surface area contributed by atoms with E-state index in [1.807, 2.05) is 0 Å². The van der Waals surface area contributed by atoms with E-state index in [0.29, 0.717) is 30.8 Å². The van der Waals surface area contributed by atoms with E-state index in [9.17, 15) is 26.3 Å². The number of halogens is 6. The van der Waals surface area contributed by atoms with Crippen molar-refractivity contribution in [3.8, 4) is 0 Å². The monoisotopic (exact) mass is 426 g/mol. The van der Waals surface area contributed by atoms with Gasteiger partial charge in [-0.25, -0.2) is 4.39 Å². The second-order valence-corrected chi connectivity index (χ2v) is 8.23. The topological polar surface area (TPSA) is 18.5 Å². The van der Waals surface area contributed by atoms with E-state index < -0.39 is 35.7 Å². The van der Waals surface area contributed by atoms with Gasteiger partial charge in [-0.3, -0.25) is 0 Å². The lowest BCUT2D eigenvalue weighted by atomic mass is 9.69. The highest BCUT2D eigenvalue weighted by molar-refractivity contribution is 5.23. The van der Waals surface area contributed by atoms with E-state index >= 15 is 0 Å². The van der Waals surface area contributed by atoms with Crippen LogP contribution in [0, 0.1) is 23.7 Å². The van der Waals surface area contributed by atoms with E-state index in [1.165, 1.54) is 12.8 Å². The molecule has 0 spiro atoms. The van der Waals surface area contributed by atoms with Gasteiger partial charge in [0.15, 0.2) is 11.6 Å². The fraction of sp³-hybridized carbons (Fsp3) is 0.714. The third-order valence-electron chi connectivity index (χ3n) is 6.03. The molecule has 2 rings (SSSR count). The van der Waals surface area contributed by atoms with E-state index in [0.717, 1.165) is 18.8 Å². The van der Waals surface area contributed by atoms with E-state index in [-0.39, 0.29) is 12.8 Å². The van der Waals surface area contributed by atoms with Crippen molar-refractivity contribution in [2.24, 2.45) is 23.7 Å². The van der Waals surface area contributed by atoms with Crippen LogP contribution in [-0.4, -0.2) is 12.5 Å². The number of rotatable bonds is 7. The second-order valence-electron chi connectivity index (χ2n) is 8.23. The first-order valence-corrected chi connectivity index (χ1v) is 9.95. The zero-order valence-corrected chi connectivity index (χ0v) is 16.5. The van der Waals surface area contributed by atoms with Crippen molar-refractivity contribution in [1.29, 1.82) is 0 Å². The largest absolute Gasteiger partial charge is 0.573 e. The van der Waals surface area contributed by atoms with Crippen LogP contribution in [0.4, 0.5) is 26.3 Å². The van der Waals surface area contributed by atoms with Crippen LogP contribution in [0.5, 0.6) is 0 Å². The Balaban J connectivity index is 1.85. The molecule has 8 heteroatoms. The van der Waals surface area contributed by atoms with Crippen molar-refractivity contribution in [2.75, 3.05) is 0 Å². The zero-order valence-electron chi connectivity index (χ0n) is 16.5. The van der Waals surface area contributed by atoms with Crippen molar-refractivity contribution in [3.63, 3.8) is 0 Å². The van der Waals surface area contributed by atoms with Crippen LogP contribution in [-0.2, 0) is 9.47 Å².